The predicted molar refractivity (Wildman–Crippen MR) is 69.4 cm³/mol. The van der Waals surface area contributed by atoms with E-state index in [0.717, 1.165) is 0 Å². The molecule has 0 aliphatic rings. The smallest absolute Gasteiger partial charge is 0.354 e. The third-order valence-electron chi connectivity index (χ3n) is 2.84. The molecular formula is C12H12N2O6. The first-order chi connectivity index (χ1) is 9.53. The molecule has 0 fully saturated rings. The number of hydrogen-bond acceptors (Lipinski definition) is 6. The first-order valence-corrected chi connectivity index (χ1v) is 5.53. The van der Waals surface area contributed by atoms with E-state index in [4.69, 9.17) is 9.47 Å². The Balaban J connectivity index is 2.84. The molecule has 0 amide bonds. The topological polar surface area (TPSA) is 104 Å². The zero-order chi connectivity index (χ0) is 14.9. The third kappa shape index (κ3) is 2.00. The summed E-state index contributed by atoms with van der Waals surface area (Å²) in [7, 11) is 3.96. The number of H-pyrrole nitrogens is 1. The van der Waals surface area contributed by atoms with E-state index in [2.05, 4.69) is 9.72 Å². The Morgan fingerprint density at radius 1 is 1.20 bits per heavy atom. The Morgan fingerprint density at radius 3 is 2.35 bits per heavy atom. The van der Waals surface area contributed by atoms with Gasteiger partial charge in [-0.15, -0.1) is 0 Å². The van der Waals surface area contributed by atoms with Crippen LogP contribution in [-0.2, 0) is 4.74 Å². The van der Waals surface area contributed by atoms with Crippen molar-refractivity contribution >= 4 is 22.6 Å². The largest absolute Gasteiger partial charge is 0.496 e. The number of carbonyl (C=O) groups excluding carboxylic acids is 1. The Morgan fingerprint density at radius 2 is 1.85 bits per heavy atom. The zero-order valence-corrected chi connectivity index (χ0v) is 11.1. The highest BCUT2D eigenvalue weighted by molar-refractivity contribution is 6.02. The van der Waals surface area contributed by atoms with Crippen molar-refractivity contribution in [2.45, 2.75) is 0 Å². The lowest BCUT2D eigenvalue weighted by Crippen LogP contribution is -2.01. The molecule has 0 atom stereocenters. The summed E-state index contributed by atoms with van der Waals surface area (Å²) in [5.74, 6) is -0.233. The van der Waals surface area contributed by atoms with Crippen molar-refractivity contribution in [3.05, 3.63) is 27.9 Å². The fraction of sp³-hybridized carbons (Fsp3) is 0.250. The predicted octanol–water partition coefficient (Wildman–Crippen LogP) is 1.88. The van der Waals surface area contributed by atoms with Gasteiger partial charge in [-0.2, -0.15) is 0 Å². The van der Waals surface area contributed by atoms with Crippen LogP contribution in [0.15, 0.2) is 12.1 Å². The monoisotopic (exact) mass is 280 g/mol. The molecule has 20 heavy (non-hydrogen) atoms. The van der Waals surface area contributed by atoms with E-state index >= 15 is 0 Å². The lowest BCUT2D eigenvalue weighted by Gasteiger charge is -2.06. The number of nitrogens with one attached hydrogen (secondary N) is 1. The number of rotatable bonds is 4. The molecule has 0 aliphatic heterocycles. The number of hydrogen-bond donors (Lipinski definition) is 1. The van der Waals surface area contributed by atoms with Crippen molar-refractivity contribution < 1.29 is 23.9 Å². The lowest BCUT2D eigenvalue weighted by molar-refractivity contribution is -0.384. The maximum absolute atomic E-state index is 11.5. The molecule has 8 nitrogen and oxygen atoms in total. The van der Waals surface area contributed by atoms with Crippen LogP contribution < -0.4 is 9.47 Å². The van der Waals surface area contributed by atoms with Crippen LogP contribution in [0.5, 0.6) is 11.5 Å². The van der Waals surface area contributed by atoms with E-state index in [1.54, 1.807) is 0 Å². The number of benzene rings is 1. The number of esters is 1. The van der Waals surface area contributed by atoms with Gasteiger partial charge in [0.2, 0.25) is 5.75 Å². The molecular weight excluding hydrogens is 268 g/mol. The van der Waals surface area contributed by atoms with Crippen molar-refractivity contribution in [2.75, 3.05) is 21.3 Å². The number of methoxy groups -OCH3 is 3. The van der Waals surface area contributed by atoms with E-state index in [1.807, 2.05) is 0 Å². The van der Waals surface area contributed by atoms with Gasteiger partial charge in [0.05, 0.1) is 26.3 Å². The second kappa shape index (κ2) is 5.08. The van der Waals surface area contributed by atoms with Crippen molar-refractivity contribution in [1.29, 1.82) is 0 Å². The number of aromatic nitrogens is 1. The van der Waals surface area contributed by atoms with E-state index < -0.39 is 10.9 Å². The molecule has 0 spiro atoms. The van der Waals surface area contributed by atoms with Crippen molar-refractivity contribution in [3.8, 4) is 11.5 Å². The minimum absolute atomic E-state index is 0.0395. The Hall–Kier alpha value is -2.77. The molecule has 0 bridgehead atoms. The standard InChI is InChI=1S/C12H12N2O6/c1-18-8-5-9(19-2)11(14(16)17)10-6(8)4-7(13-10)12(15)20-3/h4-5,13H,1-3H3. The molecule has 0 radical (unpaired) electrons. The minimum Gasteiger partial charge on any atom is -0.496 e. The van der Waals surface area contributed by atoms with E-state index in [-0.39, 0.29) is 22.6 Å². The van der Waals surface area contributed by atoms with Crippen molar-refractivity contribution in [1.82, 2.24) is 4.98 Å². The SMILES string of the molecule is COC(=O)c1cc2c(OC)cc(OC)c([N+](=O)[O-])c2[nH]1. The molecule has 2 rings (SSSR count). The molecule has 8 heteroatoms. The number of nitro groups is 1. The summed E-state index contributed by atoms with van der Waals surface area (Å²) in [6, 6.07) is 2.84. The lowest BCUT2D eigenvalue weighted by atomic mass is 10.2. The van der Waals surface area contributed by atoms with Gasteiger partial charge in [-0.05, 0) is 6.07 Å². The van der Waals surface area contributed by atoms with E-state index in [0.29, 0.717) is 11.1 Å². The van der Waals surface area contributed by atoms with Gasteiger partial charge in [0.25, 0.3) is 0 Å². The Bertz CT molecular complexity index is 691. The highest BCUT2D eigenvalue weighted by Gasteiger charge is 2.26. The Labute approximate surface area is 113 Å². The number of aromatic amines is 1. The second-order valence-corrected chi connectivity index (χ2v) is 3.85. The highest BCUT2D eigenvalue weighted by atomic mass is 16.6. The van der Waals surface area contributed by atoms with E-state index in [9.17, 15) is 14.9 Å². The maximum atomic E-state index is 11.5. The van der Waals surface area contributed by atoms with Gasteiger partial charge >= 0.3 is 11.7 Å². The van der Waals surface area contributed by atoms with Gasteiger partial charge in [0.1, 0.15) is 17.0 Å². The van der Waals surface area contributed by atoms with Crippen LogP contribution in [0.1, 0.15) is 10.5 Å². The summed E-state index contributed by atoms with van der Waals surface area (Å²) in [6.45, 7) is 0. The molecule has 0 saturated carbocycles. The zero-order valence-electron chi connectivity index (χ0n) is 11.1. The minimum atomic E-state index is -0.628. The van der Waals surface area contributed by atoms with Gasteiger partial charge in [0, 0.05) is 11.5 Å². The van der Waals surface area contributed by atoms with Crippen LogP contribution in [0.3, 0.4) is 0 Å². The normalized spacial score (nSPS) is 10.3. The first-order valence-electron chi connectivity index (χ1n) is 5.53. The summed E-state index contributed by atoms with van der Waals surface area (Å²) in [4.78, 5) is 24.8. The van der Waals surface area contributed by atoms with Crippen LogP contribution in [0.4, 0.5) is 5.69 Å². The molecule has 1 aromatic heterocycles. The number of ether oxygens (including phenoxy) is 3. The van der Waals surface area contributed by atoms with Gasteiger partial charge in [-0.25, -0.2) is 4.79 Å². The van der Waals surface area contributed by atoms with Crippen LogP contribution in [-0.4, -0.2) is 37.2 Å². The fourth-order valence-corrected chi connectivity index (χ4v) is 1.95. The fourth-order valence-electron chi connectivity index (χ4n) is 1.95. The van der Waals surface area contributed by atoms with Gasteiger partial charge < -0.3 is 19.2 Å². The Kier molecular flexibility index (Phi) is 3.47. The molecule has 1 heterocycles. The summed E-state index contributed by atoms with van der Waals surface area (Å²) in [5.41, 5.74) is -0.0257. The summed E-state index contributed by atoms with van der Waals surface area (Å²) in [5, 5.41) is 11.6. The number of carbonyl (C=O) groups is 1. The third-order valence-corrected chi connectivity index (χ3v) is 2.84. The summed E-state index contributed by atoms with van der Waals surface area (Å²) in [6.07, 6.45) is 0. The van der Waals surface area contributed by atoms with Crippen molar-refractivity contribution in [2.24, 2.45) is 0 Å². The highest BCUT2D eigenvalue weighted by Crippen LogP contribution is 2.41. The van der Waals surface area contributed by atoms with Crippen LogP contribution >= 0.6 is 0 Å². The molecule has 1 N–H and O–H groups in total. The summed E-state index contributed by atoms with van der Waals surface area (Å²) >= 11 is 0. The average Bonchev–Trinajstić information content (AvgIpc) is 2.88. The van der Waals surface area contributed by atoms with Crippen LogP contribution in [0.2, 0.25) is 0 Å². The number of fused-ring (bicyclic) bond motifs is 1. The second-order valence-electron chi connectivity index (χ2n) is 3.85. The molecule has 106 valence electrons. The van der Waals surface area contributed by atoms with Gasteiger partial charge in [-0.1, -0.05) is 0 Å². The number of nitrogens with zero attached hydrogens (tertiary/aromatic N) is 1. The van der Waals surface area contributed by atoms with Crippen LogP contribution in [0, 0.1) is 10.1 Å². The first kappa shape index (κ1) is 13.7. The molecule has 1 aromatic carbocycles. The van der Waals surface area contributed by atoms with Crippen molar-refractivity contribution in [3.63, 3.8) is 0 Å². The molecule has 2 aromatic rings. The quantitative estimate of drug-likeness (QED) is 0.521. The van der Waals surface area contributed by atoms with Gasteiger partial charge in [0.15, 0.2) is 0 Å². The van der Waals surface area contributed by atoms with Crippen LogP contribution in [0.25, 0.3) is 10.9 Å². The molecule has 0 saturated heterocycles. The molecule has 0 unspecified atom stereocenters. The van der Waals surface area contributed by atoms with Gasteiger partial charge in [-0.3, -0.25) is 10.1 Å². The summed E-state index contributed by atoms with van der Waals surface area (Å²) < 4.78 is 14.7. The average molecular weight is 280 g/mol. The maximum Gasteiger partial charge on any atom is 0.354 e. The molecule has 0 aliphatic carbocycles. The van der Waals surface area contributed by atoms with E-state index in [1.165, 1.54) is 33.5 Å². The number of nitro benzene ring substituents is 1.